The molecule has 0 aliphatic carbocycles. The van der Waals surface area contributed by atoms with E-state index in [1.54, 1.807) is 29.7 Å². The summed E-state index contributed by atoms with van der Waals surface area (Å²) in [6.07, 6.45) is 0. The first-order valence-electron chi connectivity index (χ1n) is 6.09. The molecule has 20 heavy (non-hydrogen) atoms. The highest BCUT2D eigenvalue weighted by molar-refractivity contribution is 6.17. The van der Waals surface area contributed by atoms with Gasteiger partial charge in [-0.1, -0.05) is 6.07 Å². The summed E-state index contributed by atoms with van der Waals surface area (Å²) in [7, 11) is 0. The van der Waals surface area contributed by atoms with Crippen LogP contribution in [0.4, 0.5) is 8.78 Å². The Morgan fingerprint density at radius 3 is 2.70 bits per heavy atom. The third kappa shape index (κ3) is 2.06. The summed E-state index contributed by atoms with van der Waals surface area (Å²) in [5, 5.41) is 0. The molecule has 3 rings (SSSR count). The first-order chi connectivity index (χ1) is 9.60. The Labute approximate surface area is 119 Å². The van der Waals surface area contributed by atoms with E-state index in [4.69, 9.17) is 11.6 Å². The van der Waals surface area contributed by atoms with E-state index in [-0.39, 0.29) is 17.5 Å². The number of imidazole rings is 1. The van der Waals surface area contributed by atoms with Gasteiger partial charge >= 0.3 is 0 Å². The molecule has 2 aromatic carbocycles. The predicted molar refractivity (Wildman–Crippen MR) is 75.3 cm³/mol. The number of benzene rings is 2. The Morgan fingerprint density at radius 2 is 2.00 bits per heavy atom. The fraction of sp³-hybridized carbons (Fsp3) is 0.133. The average molecular weight is 293 g/mol. The van der Waals surface area contributed by atoms with E-state index in [2.05, 4.69) is 4.98 Å². The number of aromatic nitrogens is 2. The lowest BCUT2D eigenvalue weighted by Gasteiger charge is -2.08. The minimum Gasteiger partial charge on any atom is -0.295 e. The molecule has 0 aliphatic rings. The molecule has 0 unspecified atom stereocenters. The van der Waals surface area contributed by atoms with Crippen molar-refractivity contribution in [2.24, 2.45) is 0 Å². The maximum atomic E-state index is 13.6. The number of fused-ring (bicyclic) bond motifs is 1. The van der Waals surface area contributed by atoms with Gasteiger partial charge in [0.1, 0.15) is 17.5 Å². The third-order valence-corrected chi connectivity index (χ3v) is 3.43. The second kappa shape index (κ2) is 4.87. The van der Waals surface area contributed by atoms with Gasteiger partial charge in [0, 0.05) is 6.07 Å². The molecule has 0 radical (unpaired) electrons. The van der Waals surface area contributed by atoms with Gasteiger partial charge in [0.25, 0.3) is 0 Å². The van der Waals surface area contributed by atoms with Crippen LogP contribution in [0.2, 0.25) is 0 Å². The van der Waals surface area contributed by atoms with Crippen LogP contribution < -0.4 is 0 Å². The second-order valence-electron chi connectivity index (χ2n) is 4.57. The lowest BCUT2D eigenvalue weighted by molar-refractivity contribution is 0.620. The fourth-order valence-corrected chi connectivity index (χ4v) is 2.42. The zero-order chi connectivity index (χ0) is 14.3. The van der Waals surface area contributed by atoms with Crippen molar-refractivity contribution in [3.05, 3.63) is 59.4 Å². The molecule has 0 bridgehead atoms. The molecule has 102 valence electrons. The predicted octanol–water partition coefficient (Wildman–Crippen LogP) is 4.35. The lowest BCUT2D eigenvalue weighted by Crippen LogP contribution is -1.99. The lowest BCUT2D eigenvalue weighted by atomic mass is 10.2. The van der Waals surface area contributed by atoms with Crippen LogP contribution in [0, 0.1) is 18.6 Å². The minimum atomic E-state index is -0.344. The standard InChI is InChI=1S/C15H11ClF2N2/c1-9-5-14-13(7-12(9)18)19-15(8-16)20(14)11-4-2-3-10(17)6-11/h2-7H,8H2,1H3. The molecule has 0 saturated carbocycles. The van der Waals surface area contributed by atoms with E-state index < -0.39 is 0 Å². The van der Waals surface area contributed by atoms with Crippen LogP contribution in [-0.2, 0) is 5.88 Å². The van der Waals surface area contributed by atoms with Gasteiger partial charge in [0.2, 0.25) is 0 Å². The number of hydrogen-bond acceptors (Lipinski definition) is 1. The van der Waals surface area contributed by atoms with Crippen LogP contribution in [0.25, 0.3) is 16.7 Å². The van der Waals surface area contributed by atoms with E-state index in [9.17, 15) is 8.78 Å². The zero-order valence-corrected chi connectivity index (χ0v) is 11.5. The Hall–Kier alpha value is -1.94. The van der Waals surface area contributed by atoms with Gasteiger partial charge in [-0.05, 0) is 36.8 Å². The highest BCUT2D eigenvalue weighted by Crippen LogP contribution is 2.25. The topological polar surface area (TPSA) is 17.8 Å². The van der Waals surface area contributed by atoms with Crippen molar-refractivity contribution in [1.29, 1.82) is 0 Å². The van der Waals surface area contributed by atoms with Crippen LogP contribution in [0.15, 0.2) is 36.4 Å². The molecular formula is C15H11ClF2N2. The summed E-state index contributed by atoms with van der Waals surface area (Å²) in [5.74, 6) is 0.0507. The monoisotopic (exact) mass is 292 g/mol. The van der Waals surface area contributed by atoms with Crippen molar-refractivity contribution >= 4 is 22.6 Å². The number of halogens is 3. The summed E-state index contributed by atoms with van der Waals surface area (Å²) in [4.78, 5) is 4.31. The number of nitrogens with zero attached hydrogens (tertiary/aromatic N) is 2. The largest absolute Gasteiger partial charge is 0.295 e. The molecule has 1 heterocycles. The molecule has 1 aromatic heterocycles. The van der Waals surface area contributed by atoms with Gasteiger partial charge < -0.3 is 0 Å². The number of alkyl halides is 1. The van der Waals surface area contributed by atoms with Gasteiger partial charge in [0.15, 0.2) is 0 Å². The average Bonchev–Trinajstić information content (AvgIpc) is 2.77. The number of aryl methyl sites for hydroxylation is 1. The summed E-state index contributed by atoms with van der Waals surface area (Å²) in [6.45, 7) is 1.68. The Balaban J connectivity index is 2.35. The molecule has 3 aromatic rings. The molecule has 0 fully saturated rings. The van der Waals surface area contributed by atoms with E-state index in [1.165, 1.54) is 18.2 Å². The number of hydrogen-bond donors (Lipinski definition) is 0. The summed E-state index contributed by atoms with van der Waals surface area (Å²) in [5.41, 5.74) is 2.35. The molecule has 0 atom stereocenters. The van der Waals surface area contributed by atoms with Crippen LogP contribution in [-0.4, -0.2) is 9.55 Å². The molecule has 2 nitrogen and oxygen atoms in total. The van der Waals surface area contributed by atoms with E-state index in [1.807, 2.05) is 0 Å². The molecule has 0 amide bonds. The van der Waals surface area contributed by atoms with Crippen molar-refractivity contribution < 1.29 is 8.78 Å². The Bertz CT molecular complexity index is 796. The molecule has 0 saturated heterocycles. The summed E-state index contributed by atoms with van der Waals surface area (Å²) >= 11 is 5.90. The summed E-state index contributed by atoms with van der Waals surface area (Å²) in [6, 6.07) is 9.21. The highest BCUT2D eigenvalue weighted by Gasteiger charge is 2.14. The van der Waals surface area contributed by atoms with Crippen molar-refractivity contribution in [2.75, 3.05) is 0 Å². The fourth-order valence-electron chi connectivity index (χ4n) is 2.25. The second-order valence-corrected chi connectivity index (χ2v) is 4.83. The molecular weight excluding hydrogens is 282 g/mol. The van der Waals surface area contributed by atoms with Crippen LogP contribution in [0.5, 0.6) is 0 Å². The molecule has 5 heteroatoms. The molecule has 0 aliphatic heterocycles. The van der Waals surface area contributed by atoms with E-state index in [0.29, 0.717) is 28.1 Å². The summed E-state index contributed by atoms with van der Waals surface area (Å²) < 4.78 is 28.8. The normalized spacial score (nSPS) is 11.2. The highest BCUT2D eigenvalue weighted by atomic mass is 35.5. The minimum absolute atomic E-state index is 0.159. The van der Waals surface area contributed by atoms with Crippen LogP contribution in [0.1, 0.15) is 11.4 Å². The third-order valence-electron chi connectivity index (χ3n) is 3.19. The van der Waals surface area contributed by atoms with Crippen molar-refractivity contribution in [2.45, 2.75) is 12.8 Å². The van der Waals surface area contributed by atoms with Crippen molar-refractivity contribution in [1.82, 2.24) is 9.55 Å². The zero-order valence-electron chi connectivity index (χ0n) is 10.7. The molecule has 0 spiro atoms. The maximum Gasteiger partial charge on any atom is 0.129 e. The maximum absolute atomic E-state index is 13.6. The van der Waals surface area contributed by atoms with Gasteiger partial charge in [0.05, 0.1) is 22.6 Å². The first-order valence-corrected chi connectivity index (χ1v) is 6.63. The van der Waals surface area contributed by atoms with Gasteiger partial charge in [-0.25, -0.2) is 13.8 Å². The SMILES string of the molecule is Cc1cc2c(cc1F)nc(CCl)n2-c1cccc(F)c1. The van der Waals surface area contributed by atoms with E-state index >= 15 is 0 Å². The molecule has 0 N–H and O–H groups in total. The van der Waals surface area contributed by atoms with Crippen LogP contribution >= 0.6 is 11.6 Å². The first kappa shape index (κ1) is 13.1. The van der Waals surface area contributed by atoms with Gasteiger partial charge in [-0.3, -0.25) is 4.57 Å². The Kier molecular flexibility index (Phi) is 3.18. The quantitative estimate of drug-likeness (QED) is 0.642. The van der Waals surface area contributed by atoms with Crippen LogP contribution in [0.3, 0.4) is 0 Å². The van der Waals surface area contributed by atoms with E-state index in [0.717, 1.165) is 0 Å². The smallest absolute Gasteiger partial charge is 0.129 e. The van der Waals surface area contributed by atoms with Crippen molar-refractivity contribution in [3.63, 3.8) is 0 Å². The van der Waals surface area contributed by atoms with Crippen molar-refractivity contribution in [3.8, 4) is 5.69 Å². The van der Waals surface area contributed by atoms with Gasteiger partial charge in [-0.2, -0.15) is 0 Å². The van der Waals surface area contributed by atoms with Gasteiger partial charge in [-0.15, -0.1) is 11.6 Å². The Morgan fingerprint density at radius 1 is 1.20 bits per heavy atom. The number of rotatable bonds is 2.